The third kappa shape index (κ3) is 3.33. The minimum atomic E-state index is -0.447. The van der Waals surface area contributed by atoms with Gasteiger partial charge in [-0.3, -0.25) is 10.1 Å². The first kappa shape index (κ1) is 13.1. The van der Waals surface area contributed by atoms with Crippen LogP contribution in [0.15, 0.2) is 58.3 Å². The Balaban J connectivity index is 2.34. The zero-order chi connectivity index (χ0) is 13.7. The summed E-state index contributed by atoms with van der Waals surface area (Å²) < 4.78 is 0. The van der Waals surface area contributed by atoms with Gasteiger partial charge in [-0.1, -0.05) is 30.0 Å². The number of nitro groups is 1. The molecule has 0 amide bonds. The highest BCUT2D eigenvalue weighted by Gasteiger charge is 2.11. The van der Waals surface area contributed by atoms with Gasteiger partial charge in [0.25, 0.3) is 5.69 Å². The van der Waals surface area contributed by atoms with E-state index in [2.05, 4.69) is 0 Å². The summed E-state index contributed by atoms with van der Waals surface area (Å²) in [5, 5.41) is 19.6. The van der Waals surface area contributed by atoms with Crippen LogP contribution in [0.2, 0.25) is 0 Å². The van der Waals surface area contributed by atoms with Gasteiger partial charge in [0.15, 0.2) is 0 Å². The van der Waals surface area contributed by atoms with Crippen LogP contribution in [0.3, 0.4) is 0 Å². The minimum absolute atomic E-state index is 0.0164. The highest BCUT2D eigenvalue weighted by atomic mass is 32.2. The van der Waals surface area contributed by atoms with Crippen LogP contribution in [0, 0.1) is 21.4 Å². The first-order chi connectivity index (χ1) is 9.20. The van der Waals surface area contributed by atoms with Crippen LogP contribution in [-0.2, 0) is 6.42 Å². The van der Waals surface area contributed by atoms with E-state index in [-0.39, 0.29) is 12.1 Å². The van der Waals surface area contributed by atoms with Crippen molar-refractivity contribution in [3.63, 3.8) is 0 Å². The van der Waals surface area contributed by atoms with E-state index in [4.69, 9.17) is 5.26 Å². The van der Waals surface area contributed by atoms with E-state index in [9.17, 15) is 10.1 Å². The maximum absolute atomic E-state index is 10.7. The summed E-state index contributed by atoms with van der Waals surface area (Å²) in [5.74, 6) is 0. The van der Waals surface area contributed by atoms with Gasteiger partial charge in [0.1, 0.15) is 0 Å². The topological polar surface area (TPSA) is 66.9 Å². The molecule has 0 spiro atoms. The van der Waals surface area contributed by atoms with Crippen molar-refractivity contribution in [3.8, 4) is 6.07 Å². The van der Waals surface area contributed by atoms with E-state index < -0.39 is 4.92 Å². The summed E-state index contributed by atoms with van der Waals surface area (Å²) in [6, 6.07) is 16.4. The van der Waals surface area contributed by atoms with Crippen molar-refractivity contribution < 1.29 is 4.92 Å². The first-order valence-electron chi connectivity index (χ1n) is 5.58. The van der Waals surface area contributed by atoms with Crippen molar-refractivity contribution in [2.75, 3.05) is 0 Å². The first-order valence-corrected chi connectivity index (χ1v) is 6.39. The van der Waals surface area contributed by atoms with Gasteiger partial charge in [0.05, 0.1) is 17.4 Å². The largest absolute Gasteiger partial charge is 0.269 e. The number of non-ortho nitro benzene ring substituents is 1. The number of hydrogen-bond acceptors (Lipinski definition) is 4. The molecule has 2 aromatic carbocycles. The molecule has 0 bridgehead atoms. The smallest absolute Gasteiger partial charge is 0.258 e. The second-order valence-electron chi connectivity index (χ2n) is 3.80. The van der Waals surface area contributed by atoms with Crippen molar-refractivity contribution in [2.24, 2.45) is 0 Å². The molecule has 0 aliphatic heterocycles. The molecular formula is C14H10N2O2S. The predicted molar refractivity (Wildman–Crippen MR) is 73.0 cm³/mol. The average molecular weight is 270 g/mol. The van der Waals surface area contributed by atoms with Crippen molar-refractivity contribution in [1.82, 2.24) is 0 Å². The Morgan fingerprint density at radius 2 is 1.95 bits per heavy atom. The summed E-state index contributed by atoms with van der Waals surface area (Å²) in [5.41, 5.74) is 0.702. The summed E-state index contributed by atoms with van der Waals surface area (Å²) >= 11 is 1.50. The fourth-order valence-corrected chi connectivity index (χ4v) is 2.56. The molecule has 0 unspecified atom stereocenters. The SMILES string of the molecule is N#CCc1cc([N+](=O)[O-])ccc1Sc1ccccc1. The van der Waals surface area contributed by atoms with Gasteiger partial charge in [-0.15, -0.1) is 0 Å². The molecule has 0 atom stereocenters. The Bertz CT molecular complexity index is 636. The number of rotatable bonds is 4. The standard InChI is InChI=1S/C14H10N2O2S/c15-9-8-11-10-12(16(17)18)6-7-14(11)19-13-4-2-1-3-5-13/h1-7,10H,8H2. The monoisotopic (exact) mass is 270 g/mol. The summed E-state index contributed by atoms with van der Waals surface area (Å²) in [7, 11) is 0. The lowest BCUT2D eigenvalue weighted by Gasteiger charge is -2.06. The second-order valence-corrected chi connectivity index (χ2v) is 4.91. The van der Waals surface area contributed by atoms with Gasteiger partial charge >= 0.3 is 0 Å². The zero-order valence-corrected chi connectivity index (χ0v) is 10.8. The van der Waals surface area contributed by atoms with E-state index in [1.54, 1.807) is 6.07 Å². The lowest BCUT2D eigenvalue weighted by molar-refractivity contribution is -0.385. The molecule has 2 rings (SSSR count). The molecule has 0 N–H and O–H groups in total. The van der Waals surface area contributed by atoms with Gasteiger partial charge in [-0.05, 0) is 23.8 Å². The molecule has 0 saturated carbocycles. The van der Waals surface area contributed by atoms with Crippen LogP contribution in [0.1, 0.15) is 5.56 Å². The maximum Gasteiger partial charge on any atom is 0.269 e. The molecule has 0 aliphatic carbocycles. The van der Waals surface area contributed by atoms with E-state index >= 15 is 0 Å². The lowest BCUT2D eigenvalue weighted by atomic mass is 10.1. The van der Waals surface area contributed by atoms with Gasteiger partial charge < -0.3 is 0 Å². The third-order valence-electron chi connectivity index (χ3n) is 2.50. The maximum atomic E-state index is 10.7. The minimum Gasteiger partial charge on any atom is -0.258 e. The summed E-state index contributed by atoms with van der Waals surface area (Å²) in [6.45, 7) is 0. The number of nitriles is 1. The third-order valence-corrected chi connectivity index (χ3v) is 3.62. The Labute approximate surface area is 114 Å². The Morgan fingerprint density at radius 1 is 1.21 bits per heavy atom. The summed E-state index contributed by atoms with van der Waals surface area (Å²) in [6.07, 6.45) is 0.164. The normalized spacial score (nSPS) is 9.84. The van der Waals surface area contributed by atoms with Crippen LogP contribution in [0.5, 0.6) is 0 Å². The highest BCUT2D eigenvalue weighted by Crippen LogP contribution is 2.32. The molecule has 5 heteroatoms. The number of benzene rings is 2. The number of hydrogen-bond donors (Lipinski definition) is 0. The van der Waals surface area contributed by atoms with Crippen LogP contribution in [-0.4, -0.2) is 4.92 Å². The molecule has 0 radical (unpaired) electrons. The molecule has 0 fully saturated rings. The Kier molecular flexibility index (Phi) is 4.16. The fraction of sp³-hybridized carbons (Fsp3) is 0.0714. The zero-order valence-electron chi connectivity index (χ0n) is 9.95. The van der Waals surface area contributed by atoms with Gasteiger partial charge in [0.2, 0.25) is 0 Å². The van der Waals surface area contributed by atoms with Crippen molar-refractivity contribution in [1.29, 1.82) is 5.26 Å². The fourth-order valence-electron chi connectivity index (χ4n) is 1.62. The van der Waals surface area contributed by atoms with Crippen LogP contribution in [0.25, 0.3) is 0 Å². The summed E-state index contributed by atoms with van der Waals surface area (Å²) in [4.78, 5) is 12.2. The van der Waals surface area contributed by atoms with E-state index in [1.165, 1.54) is 23.9 Å². The van der Waals surface area contributed by atoms with Crippen molar-refractivity contribution in [2.45, 2.75) is 16.2 Å². The molecule has 19 heavy (non-hydrogen) atoms. The van der Waals surface area contributed by atoms with Crippen LogP contribution >= 0.6 is 11.8 Å². The molecule has 0 saturated heterocycles. The second kappa shape index (κ2) is 6.03. The Morgan fingerprint density at radius 3 is 2.58 bits per heavy atom. The molecule has 0 heterocycles. The lowest BCUT2D eigenvalue weighted by Crippen LogP contribution is -1.92. The molecule has 2 aromatic rings. The molecule has 0 aliphatic rings. The van der Waals surface area contributed by atoms with Gasteiger partial charge in [0, 0.05) is 21.9 Å². The highest BCUT2D eigenvalue weighted by molar-refractivity contribution is 7.99. The molecule has 0 aromatic heterocycles. The predicted octanol–water partition coefficient (Wildman–Crippen LogP) is 3.81. The molecule has 94 valence electrons. The Hall–Kier alpha value is -2.32. The van der Waals surface area contributed by atoms with Crippen LogP contribution in [0.4, 0.5) is 5.69 Å². The number of nitro benzene ring substituents is 1. The van der Waals surface area contributed by atoms with Gasteiger partial charge in [-0.2, -0.15) is 5.26 Å². The van der Waals surface area contributed by atoms with E-state index in [1.807, 2.05) is 36.4 Å². The van der Waals surface area contributed by atoms with Crippen molar-refractivity contribution in [3.05, 3.63) is 64.2 Å². The quantitative estimate of drug-likeness (QED) is 0.625. The average Bonchev–Trinajstić information content (AvgIpc) is 2.42. The van der Waals surface area contributed by atoms with Crippen LogP contribution < -0.4 is 0 Å². The molecular weight excluding hydrogens is 260 g/mol. The number of nitrogens with zero attached hydrogens (tertiary/aromatic N) is 2. The van der Waals surface area contributed by atoms with Crippen molar-refractivity contribution >= 4 is 17.4 Å². The molecule has 4 nitrogen and oxygen atoms in total. The van der Waals surface area contributed by atoms with E-state index in [0.717, 1.165) is 9.79 Å². The van der Waals surface area contributed by atoms with Gasteiger partial charge in [-0.25, -0.2) is 0 Å². The van der Waals surface area contributed by atoms with E-state index in [0.29, 0.717) is 5.56 Å².